The van der Waals surface area contributed by atoms with E-state index in [0.29, 0.717) is 22.9 Å². The summed E-state index contributed by atoms with van der Waals surface area (Å²) in [6, 6.07) is 6.10. The van der Waals surface area contributed by atoms with Gasteiger partial charge < -0.3 is 19.7 Å². The first-order valence-electron chi connectivity index (χ1n) is 10.8. The number of hydrogen-bond acceptors (Lipinski definition) is 4. The Balaban J connectivity index is 1.34. The Labute approximate surface area is 172 Å². The second-order valence-electron chi connectivity index (χ2n) is 8.28. The third-order valence-electron chi connectivity index (χ3n) is 6.31. The Morgan fingerprint density at radius 3 is 2.64 bits per heavy atom. The number of halogens is 1. The van der Waals surface area contributed by atoms with Gasteiger partial charge in [0.05, 0.1) is 11.7 Å². The Bertz CT molecular complexity index is 664. The van der Waals surface area contributed by atoms with Gasteiger partial charge in [0, 0.05) is 37.3 Å². The smallest absolute Gasteiger partial charge is 0.255 e. The molecule has 1 amide bonds. The maximum Gasteiger partial charge on any atom is 0.255 e. The zero-order chi connectivity index (χ0) is 19.3. The molecule has 6 heteroatoms. The van der Waals surface area contributed by atoms with Crippen molar-refractivity contribution in [2.24, 2.45) is 0 Å². The fraction of sp³-hybridized carbons (Fsp3) is 0.682. The maximum atomic E-state index is 12.7. The van der Waals surface area contributed by atoms with Crippen LogP contribution in [0.4, 0.5) is 0 Å². The van der Waals surface area contributed by atoms with Crippen LogP contribution in [-0.2, 0) is 4.74 Å². The summed E-state index contributed by atoms with van der Waals surface area (Å²) in [7, 11) is 0. The number of carbonyl (C=O) groups is 1. The zero-order valence-electron chi connectivity index (χ0n) is 16.5. The molecule has 28 heavy (non-hydrogen) atoms. The van der Waals surface area contributed by atoms with E-state index in [-0.39, 0.29) is 18.1 Å². The fourth-order valence-corrected chi connectivity index (χ4v) is 4.87. The third kappa shape index (κ3) is 5.00. The molecule has 1 aliphatic carbocycles. The largest absolute Gasteiger partial charge is 0.489 e. The van der Waals surface area contributed by atoms with Crippen LogP contribution in [0.2, 0.25) is 5.02 Å². The number of amides is 1. The standard InChI is InChI=1S/C22H31ClN2O3/c23-16-7-8-21(20(14-16)22(26)24-15-19-6-3-13-27-19)28-18-9-11-25(12-10-18)17-4-1-2-5-17/h7-8,14,17-19H,1-6,9-13,15H2,(H,24,26). The van der Waals surface area contributed by atoms with Crippen molar-refractivity contribution in [2.45, 2.75) is 69.6 Å². The average molecular weight is 407 g/mol. The Morgan fingerprint density at radius 2 is 1.93 bits per heavy atom. The zero-order valence-corrected chi connectivity index (χ0v) is 17.3. The van der Waals surface area contributed by atoms with Crippen molar-refractivity contribution in [1.82, 2.24) is 10.2 Å². The minimum absolute atomic E-state index is 0.118. The van der Waals surface area contributed by atoms with Crippen molar-refractivity contribution in [3.8, 4) is 5.75 Å². The molecule has 0 spiro atoms. The quantitative estimate of drug-likeness (QED) is 0.774. The summed E-state index contributed by atoms with van der Waals surface area (Å²) >= 11 is 6.16. The number of nitrogens with zero attached hydrogens (tertiary/aromatic N) is 1. The van der Waals surface area contributed by atoms with Crippen molar-refractivity contribution in [3.63, 3.8) is 0 Å². The summed E-state index contributed by atoms with van der Waals surface area (Å²) in [6.45, 7) is 3.49. The number of hydrogen-bond donors (Lipinski definition) is 1. The Kier molecular flexibility index (Phi) is 6.76. The van der Waals surface area contributed by atoms with E-state index in [1.807, 2.05) is 6.07 Å². The van der Waals surface area contributed by atoms with E-state index >= 15 is 0 Å². The van der Waals surface area contributed by atoms with Crippen LogP contribution >= 0.6 is 11.6 Å². The average Bonchev–Trinajstić information content (AvgIpc) is 3.42. The minimum atomic E-state index is -0.142. The van der Waals surface area contributed by atoms with Crippen LogP contribution < -0.4 is 10.1 Å². The van der Waals surface area contributed by atoms with Gasteiger partial charge in [0.25, 0.3) is 5.91 Å². The molecule has 4 rings (SSSR count). The van der Waals surface area contributed by atoms with Crippen molar-refractivity contribution >= 4 is 17.5 Å². The van der Waals surface area contributed by atoms with Gasteiger partial charge in [-0.2, -0.15) is 0 Å². The van der Waals surface area contributed by atoms with Crippen LogP contribution in [0.5, 0.6) is 5.75 Å². The highest BCUT2D eigenvalue weighted by atomic mass is 35.5. The molecule has 1 unspecified atom stereocenters. The molecule has 2 saturated heterocycles. The molecule has 3 aliphatic rings. The van der Waals surface area contributed by atoms with E-state index in [4.69, 9.17) is 21.1 Å². The van der Waals surface area contributed by atoms with Gasteiger partial charge >= 0.3 is 0 Å². The third-order valence-corrected chi connectivity index (χ3v) is 6.55. The van der Waals surface area contributed by atoms with Gasteiger partial charge in [0.15, 0.2) is 0 Å². The summed E-state index contributed by atoms with van der Waals surface area (Å²) in [5.74, 6) is 0.491. The fourth-order valence-electron chi connectivity index (χ4n) is 4.70. The highest BCUT2D eigenvalue weighted by molar-refractivity contribution is 6.31. The number of ether oxygens (including phenoxy) is 2. The predicted octanol–water partition coefficient (Wildman–Crippen LogP) is 4.03. The molecular weight excluding hydrogens is 376 g/mol. The molecule has 2 heterocycles. The van der Waals surface area contributed by atoms with Gasteiger partial charge in [-0.25, -0.2) is 0 Å². The number of nitrogens with one attached hydrogen (secondary N) is 1. The maximum absolute atomic E-state index is 12.7. The van der Waals surface area contributed by atoms with E-state index in [0.717, 1.165) is 51.4 Å². The molecule has 1 aromatic carbocycles. The van der Waals surface area contributed by atoms with E-state index < -0.39 is 0 Å². The topological polar surface area (TPSA) is 50.8 Å². The first-order chi connectivity index (χ1) is 13.7. The van der Waals surface area contributed by atoms with Crippen LogP contribution in [-0.4, -0.2) is 55.3 Å². The molecule has 5 nitrogen and oxygen atoms in total. The number of carbonyl (C=O) groups excluding carboxylic acids is 1. The summed E-state index contributed by atoms with van der Waals surface area (Å²) < 4.78 is 11.9. The lowest BCUT2D eigenvalue weighted by Crippen LogP contribution is -2.43. The van der Waals surface area contributed by atoms with Crippen molar-refractivity contribution < 1.29 is 14.3 Å². The summed E-state index contributed by atoms with van der Waals surface area (Å²) in [5, 5.41) is 3.53. The number of benzene rings is 1. The number of likely N-dealkylation sites (tertiary alicyclic amines) is 1. The Hall–Kier alpha value is -1.30. The van der Waals surface area contributed by atoms with Crippen LogP contribution in [0.3, 0.4) is 0 Å². The lowest BCUT2D eigenvalue weighted by molar-refractivity contribution is 0.0741. The van der Waals surface area contributed by atoms with Gasteiger partial charge in [-0.1, -0.05) is 24.4 Å². The summed E-state index contributed by atoms with van der Waals surface area (Å²) in [6.07, 6.45) is 9.79. The lowest BCUT2D eigenvalue weighted by atomic mass is 10.0. The van der Waals surface area contributed by atoms with Gasteiger partial charge in [-0.3, -0.25) is 4.79 Å². The first-order valence-corrected chi connectivity index (χ1v) is 11.2. The van der Waals surface area contributed by atoms with Gasteiger partial charge in [0.1, 0.15) is 11.9 Å². The number of rotatable bonds is 6. The SMILES string of the molecule is O=C(NCC1CCCO1)c1cc(Cl)ccc1OC1CCN(C2CCCC2)CC1. The van der Waals surface area contributed by atoms with Crippen molar-refractivity contribution in [2.75, 3.05) is 26.2 Å². The second kappa shape index (κ2) is 9.47. The molecule has 154 valence electrons. The molecular formula is C22H31ClN2O3. The van der Waals surface area contributed by atoms with E-state index in [1.165, 1.54) is 25.7 Å². The minimum Gasteiger partial charge on any atom is -0.489 e. The van der Waals surface area contributed by atoms with Crippen LogP contribution in [0.25, 0.3) is 0 Å². The van der Waals surface area contributed by atoms with Gasteiger partial charge in [-0.15, -0.1) is 0 Å². The molecule has 0 bridgehead atoms. The van der Waals surface area contributed by atoms with Crippen LogP contribution in [0.15, 0.2) is 18.2 Å². The van der Waals surface area contributed by atoms with Crippen LogP contribution in [0, 0.1) is 0 Å². The summed E-state index contributed by atoms with van der Waals surface area (Å²) in [4.78, 5) is 15.4. The Morgan fingerprint density at radius 1 is 1.14 bits per heavy atom. The molecule has 1 aromatic rings. The van der Waals surface area contributed by atoms with Gasteiger partial charge in [0.2, 0.25) is 0 Å². The molecule has 0 aromatic heterocycles. The molecule has 3 fully saturated rings. The molecule has 2 aliphatic heterocycles. The highest BCUT2D eigenvalue weighted by Gasteiger charge is 2.28. The number of piperidine rings is 1. The molecule has 1 N–H and O–H groups in total. The normalized spacial score (nSPS) is 24.5. The van der Waals surface area contributed by atoms with Crippen molar-refractivity contribution in [1.29, 1.82) is 0 Å². The second-order valence-corrected chi connectivity index (χ2v) is 8.71. The van der Waals surface area contributed by atoms with E-state index in [1.54, 1.807) is 12.1 Å². The monoisotopic (exact) mass is 406 g/mol. The first kappa shape index (κ1) is 20.0. The van der Waals surface area contributed by atoms with Gasteiger partial charge in [-0.05, 0) is 56.7 Å². The van der Waals surface area contributed by atoms with Crippen molar-refractivity contribution in [3.05, 3.63) is 28.8 Å². The molecule has 1 atom stereocenters. The predicted molar refractivity (Wildman–Crippen MR) is 110 cm³/mol. The van der Waals surface area contributed by atoms with E-state index in [2.05, 4.69) is 10.2 Å². The summed E-state index contributed by atoms with van der Waals surface area (Å²) in [5.41, 5.74) is 0.517. The lowest BCUT2D eigenvalue weighted by Gasteiger charge is -2.36. The van der Waals surface area contributed by atoms with Crippen LogP contribution in [0.1, 0.15) is 61.7 Å². The molecule has 0 radical (unpaired) electrons. The molecule has 1 saturated carbocycles. The van der Waals surface area contributed by atoms with E-state index in [9.17, 15) is 4.79 Å². The highest BCUT2D eigenvalue weighted by Crippen LogP contribution is 2.29.